The van der Waals surface area contributed by atoms with E-state index in [1.165, 1.54) is 64.5 Å². The molecule has 0 spiro atoms. The van der Waals surface area contributed by atoms with Gasteiger partial charge in [-0.3, -0.25) is 0 Å². The van der Waals surface area contributed by atoms with Gasteiger partial charge in [0.15, 0.2) is 0 Å². The first-order valence-corrected chi connectivity index (χ1v) is 7.83. The number of piperidine rings is 1. The molecule has 98 valence electrons. The molecule has 0 bridgehead atoms. The maximum absolute atomic E-state index is 3.96. The number of hydrogen-bond acceptors (Lipinski definition) is 2. The summed E-state index contributed by atoms with van der Waals surface area (Å²) in [6.07, 6.45) is 11.5. The maximum atomic E-state index is 3.96. The summed E-state index contributed by atoms with van der Waals surface area (Å²) >= 11 is 0. The highest BCUT2D eigenvalue weighted by Gasteiger charge is 2.32. The van der Waals surface area contributed by atoms with E-state index >= 15 is 0 Å². The lowest BCUT2D eigenvalue weighted by atomic mass is 9.85. The van der Waals surface area contributed by atoms with Crippen molar-refractivity contribution in [3.63, 3.8) is 0 Å². The number of nitrogens with one attached hydrogen (secondary N) is 1. The van der Waals surface area contributed by atoms with Crippen LogP contribution in [0.25, 0.3) is 0 Å². The van der Waals surface area contributed by atoms with E-state index in [9.17, 15) is 0 Å². The van der Waals surface area contributed by atoms with Gasteiger partial charge in [0.2, 0.25) is 0 Å². The molecule has 0 amide bonds. The van der Waals surface area contributed by atoms with Crippen molar-refractivity contribution in [1.29, 1.82) is 0 Å². The van der Waals surface area contributed by atoms with Crippen LogP contribution in [0.1, 0.15) is 58.3 Å². The van der Waals surface area contributed by atoms with E-state index in [0.717, 1.165) is 24.0 Å². The molecule has 1 heterocycles. The molecule has 1 aliphatic heterocycles. The minimum atomic E-state index is 0.815. The summed E-state index contributed by atoms with van der Waals surface area (Å²) in [6, 6.07) is 2.61. The summed E-state index contributed by atoms with van der Waals surface area (Å²) in [5.74, 6) is 0.908. The highest BCUT2D eigenvalue weighted by Crippen LogP contribution is 2.30. The average molecular weight is 236 g/mol. The molecule has 1 N–H and O–H groups in total. The van der Waals surface area contributed by atoms with Crippen molar-refractivity contribution in [1.82, 2.24) is 10.2 Å². The summed E-state index contributed by atoms with van der Waals surface area (Å²) in [5.41, 5.74) is 0. The topological polar surface area (TPSA) is 15.3 Å². The van der Waals surface area contributed by atoms with E-state index in [0.29, 0.717) is 0 Å². The molecule has 3 rings (SSSR count). The van der Waals surface area contributed by atoms with Gasteiger partial charge in [0.05, 0.1) is 0 Å². The minimum absolute atomic E-state index is 0.815. The third-order valence-corrected chi connectivity index (χ3v) is 5.15. The predicted octanol–water partition coefficient (Wildman–Crippen LogP) is 2.78. The summed E-state index contributed by atoms with van der Waals surface area (Å²) in [4.78, 5) is 2.72. The molecule has 0 aromatic carbocycles. The highest BCUT2D eigenvalue weighted by molar-refractivity contribution is 4.90. The van der Waals surface area contributed by atoms with Crippen LogP contribution >= 0.6 is 0 Å². The van der Waals surface area contributed by atoms with Gasteiger partial charge in [-0.05, 0) is 57.5 Å². The molecule has 1 saturated heterocycles. The van der Waals surface area contributed by atoms with Crippen molar-refractivity contribution in [2.45, 2.75) is 76.4 Å². The van der Waals surface area contributed by atoms with Crippen LogP contribution in [0.3, 0.4) is 0 Å². The second-order valence-corrected chi connectivity index (χ2v) is 6.58. The molecule has 0 aromatic rings. The molecular formula is C15H28N2. The minimum Gasteiger partial charge on any atom is -0.311 e. The van der Waals surface area contributed by atoms with Crippen LogP contribution in [-0.2, 0) is 0 Å². The monoisotopic (exact) mass is 236 g/mol. The molecule has 2 heteroatoms. The number of nitrogens with zero attached hydrogens (tertiary/aromatic N) is 1. The normalized spacial score (nSPS) is 37.2. The first-order valence-electron chi connectivity index (χ1n) is 7.83. The van der Waals surface area contributed by atoms with Crippen LogP contribution < -0.4 is 5.32 Å². The average Bonchev–Trinajstić information content (AvgIpc) is 3.17. The third-order valence-electron chi connectivity index (χ3n) is 5.15. The first-order chi connectivity index (χ1) is 8.33. The van der Waals surface area contributed by atoms with Gasteiger partial charge in [0, 0.05) is 18.1 Å². The van der Waals surface area contributed by atoms with E-state index in [4.69, 9.17) is 0 Å². The quantitative estimate of drug-likeness (QED) is 0.810. The Kier molecular flexibility index (Phi) is 3.72. The van der Waals surface area contributed by atoms with E-state index in [1.54, 1.807) is 0 Å². The van der Waals surface area contributed by atoms with Gasteiger partial charge in [-0.2, -0.15) is 0 Å². The van der Waals surface area contributed by atoms with Crippen LogP contribution in [0, 0.1) is 5.92 Å². The van der Waals surface area contributed by atoms with Crippen molar-refractivity contribution in [2.75, 3.05) is 13.1 Å². The van der Waals surface area contributed by atoms with Crippen molar-refractivity contribution >= 4 is 0 Å². The summed E-state index contributed by atoms with van der Waals surface area (Å²) in [5, 5.41) is 3.96. The lowest BCUT2D eigenvalue weighted by molar-refractivity contribution is 0.165. The summed E-state index contributed by atoms with van der Waals surface area (Å²) in [6.45, 7) is 5.14. The zero-order valence-corrected chi connectivity index (χ0v) is 11.3. The Morgan fingerprint density at radius 3 is 2.24 bits per heavy atom. The largest absolute Gasteiger partial charge is 0.311 e. The van der Waals surface area contributed by atoms with Crippen molar-refractivity contribution in [2.24, 2.45) is 5.92 Å². The Balaban J connectivity index is 1.43. The fourth-order valence-electron chi connectivity index (χ4n) is 3.74. The van der Waals surface area contributed by atoms with E-state index < -0.39 is 0 Å². The van der Waals surface area contributed by atoms with Crippen molar-refractivity contribution in [3.05, 3.63) is 0 Å². The molecule has 3 fully saturated rings. The van der Waals surface area contributed by atoms with Crippen molar-refractivity contribution < 1.29 is 0 Å². The summed E-state index contributed by atoms with van der Waals surface area (Å²) < 4.78 is 0. The van der Waals surface area contributed by atoms with Gasteiger partial charge in [0.1, 0.15) is 0 Å². The standard InChI is InChI=1S/C15H28N2/c1-12-4-2-3-5-15(12)16-13-8-10-17(11-9-13)14-6-7-14/h12-16H,2-11H2,1H3. The van der Waals surface area contributed by atoms with Gasteiger partial charge >= 0.3 is 0 Å². The number of hydrogen-bond donors (Lipinski definition) is 1. The van der Waals surface area contributed by atoms with Crippen LogP contribution in [0.5, 0.6) is 0 Å². The lowest BCUT2D eigenvalue weighted by Crippen LogP contribution is -2.49. The van der Waals surface area contributed by atoms with Gasteiger partial charge < -0.3 is 10.2 Å². The zero-order chi connectivity index (χ0) is 11.7. The Bertz CT molecular complexity index is 241. The molecule has 3 aliphatic rings. The molecule has 0 radical (unpaired) electrons. The van der Waals surface area contributed by atoms with Crippen LogP contribution in [0.2, 0.25) is 0 Å². The Morgan fingerprint density at radius 2 is 1.59 bits per heavy atom. The van der Waals surface area contributed by atoms with Gasteiger partial charge in [-0.15, -0.1) is 0 Å². The second kappa shape index (κ2) is 5.27. The van der Waals surface area contributed by atoms with Crippen molar-refractivity contribution in [3.8, 4) is 0 Å². The van der Waals surface area contributed by atoms with Gasteiger partial charge in [-0.1, -0.05) is 19.8 Å². The van der Waals surface area contributed by atoms with Gasteiger partial charge in [-0.25, -0.2) is 0 Å². The van der Waals surface area contributed by atoms with Crippen LogP contribution in [0.15, 0.2) is 0 Å². The number of rotatable bonds is 3. The highest BCUT2D eigenvalue weighted by atomic mass is 15.2. The smallest absolute Gasteiger partial charge is 0.00964 e. The Morgan fingerprint density at radius 1 is 0.882 bits per heavy atom. The van der Waals surface area contributed by atoms with Crippen LogP contribution in [-0.4, -0.2) is 36.1 Å². The lowest BCUT2D eigenvalue weighted by Gasteiger charge is -2.37. The predicted molar refractivity (Wildman–Crippen MR) is 72.2 cm³/mol. The Hall–Kier alpha value is -0.0800. The first kappa shape index (κ1) is 12.0. The number of likely N-dealkylation sites (tertiary alicyclic amines) is 1. The Labute approximate surface area is 106 Å². The molecule has 0 aromatic heterocycles. The molecule has 2 saturated carbocycles. The van der Waals surface area contributed by atoms with Gasteiger partial charge in [0.25, 0.3) is 0 Å². The van der Waals surface area contributed by atoms with E-state index in [-0.39, 0.29) is 0 Å². The molecule has 2 atom stereocenters. The van der Waals surface area contributed by atoms with Crippen LogP contribution in [0.4, 0.5) is 0 Å². The second-order valence-electron chi connectivity index (χ2n) is 6.58. The fraction of sp³-hybridized carbons (Fsp3) is 1.00. The molecule has 17 heavy (non-hydrogen) atoms. The summed E-state index contributed by atoms with van der Waals surface area (Å²) in [7, 11) is 0. The molecule has 2 nitrogen and oxygen atoms in total. The van der Waals surface area contributed by atoms with E-state index in [1.807, 2.05) is 0 Å². The molecular weight excluding hydrogens is 208 g/mol. The SMILES string of the molecule is CC1CCCCC1NC1CCN(C2CC2)CC1. The molecule has 2 unspecified atom stereocenters. The third kappa shape index (κ3) is 3.03. The fourth-order valence-corrected chi connectivity index (χ4v) is 3.74. The van der Waals surface area contributed by atoms with E-state index in [2.05, 4.69) is 17.1 Å². The molecule has 2 aliphatic carbocycles. The zero-order valence-electron chi connectivity index (χ0n) is 11.3. The maximum Gasteiger partial charge on any atom is 0.00964 e.